The largest absolute Gasteiger partial charge is 0.488 e. The zero-order valence-corrected chi connectivity index (χ0v) is 18.9. The molecule has 0 aliphatic carbocycles. The molecule has 0 spiro atoms. The number of pyridine rings is 1. The molecule has 164 valence electrons. The van der Waals surface area contributed by atoms with E-state index in [-0.39, 0.29) is 0 Å². The maximum atomic E-state index is 6.13. The number of nitrogens with zero attached hydrogens (tertiary/aromatic N) is 5. The summed E-state index contributed by atoms with van der Waals surface area (Å²) >= 11 is 6.13. The minimum atomic E-state index is 0.414. The molecule has 3 aromatic heterocycles. The summed E-state index contributed by atoms with van der Waals surface area (Å²) in [5.74, 6) is 2.37. The summed E-state index contributed by atoms with van der Waals surface area (Å²) in [4.78, 5) is 13.6. The van der Waals surface area contributed by atoms with Crippen molar-refractivity contribution < 1.29 is 4.74 Å². The number of anilines is 3. The van der Waals surface area contributed by atoms with Gasteiger partial charge in [-0.3, -0.25) is 4.98 Å². The van der Waals surface area contributed by atoms with Crippen molar-refractivity contribution in [2.24, 2.45) is 0 Å². The van der Waals surface area contributed by atoms with E-state index in [2.05, 4.69) is 37.3 Å². The van der Waals surface area contributed by atoms with Crippen molar-refractivity contribution in [3.8, 4) is 5.75 Å². The van der Waals surface area contributed by atoms with Gasteiger partial charge in [0.1, 0.15) is 23.9 Å². The number of rotatable bonds is 8. The topological polar surface area (TPSA) is 89.3 Å². The molecule has 2 N–H and O–H groups in total. The average molecular weight is 450 g/mol. The SMILES string of the molecule is C=CCOc1ccc(C)nc1CNc1cc(C)nc2nc(Nc3cc(Cl)ccc3C)nn12. The van der Waals surface area contributed by atoms with Gasteiger partial charge in [-0.1, -0.05) is 30.3 Å². The lowest BCUT2D eigenvalue weighted by molar-refractivity contribution is 0.357. The first kappa shape index (κ1) is 21.6. The molecule has 0 radical (unpaired) electrons. The molecule has 3 heterocycles. The number of nitrogens with one attached hydrogen (secondary N) is 2. The molecule has 0 saturated heterocycles. The highest BCUT2D eigenvalue weighted by Crippen LogP contribution is 2.24. The van der Waals surface area contributed by atoms with Gasteiger partial charge in [0.05, 0.1) is 6.54 Å². The van der Waals surface area contributed by atoms with Crippen LogP contribution in [0.2, 0.25) is 5.02 Å². The normalized spacial score (nSPS) is 10.9. The number of ether oxygens (including phenoxy) is 1. The van der Waals surface area contributed by atoms with Gasteiger partial charge in [-0.25, -0.2) is 4.98 Å². The second kappa shape index (κ2) is 9.23. The van der Waals surface area contributed by atoms with Crippen LogP contribution in [-0.2, 0) is 6.54 Å². The van der Waals surface area contributed by atoms with Gasteiger partial charge in [0.2, 0.25) is 5.95 Å². The van der Waals surface area contributed by atoms with E-state index in [1.165, 1.54) is 0 Å². The van der Waals surface area contributed by atoms with Gasteiger partial charge in [-0.15, -0.1) is 5.10 Å². The fraction of sp³-hybridized carbons (Fsp3) is 0.217. The van der Waals surface area contributed by atoms with E-state index in [9.17, 15) is 0 Å². The Bertz CT molecular complexity index is 1290. The molecule has 4 rings (SSSR count). The van der Waals surface area contributed by atoms with E-state index < -0.39 is 0 Å². The molecule has 0 unspecified atom stereocenters. The maximum Gasteiger partial charge on any atom is 0.256 e. The summed E-state index contributed by atoms with van der Waals surface area (Å²) < 4.78 is 7.41. The van der Waals surface area contributed by atoms with Gasteiger partial charge in [0.15, 0.2) is 0 Å². The molecule has 0 saturated carbocycles. The predicted molar refractivity (Wildman–Crippen MR) is 127 cm³/mol. The quantitative estimate of drug-likeness (QED) is 0.365. The number of fused-ring (bicyclic) bond motifs is 1. The minimum Gasteiger partial charge on any atom is -0.488 e. The molecule has 0 aliphatic rings. The molecule has 0 amide bonds. The number of halogens is 1. The minimum absolute atomic E-state index is 0.414. The van der Waals surface area contributed by atoms with Crippen LogP contribution in [0.15, 0.2) is 49.1 Å². The van der Waals surface area contributed by atoms with Crippen LogP contribution in [0.4, 0.5) is 17.5 Å². The fourth-order valence-corrected chi connectivity index (χ4v) is 3.37. The Balaban J connectivity index is 1.62. The Kier molecular flexibility index (Phi) is 6.23. The maximum absolute atomic E-state index is 6.13. The van der Waals surface area contributed by atoms with Crippen LogP contribution in [0.5, 0.6) is 5.75 Å². The molecule has 1 aromatic carbocycles. The van der Waals surface area contributed by atoms with Crippen LogP contribution in [0, 0.1) is 20.8 Å². The van der Waals surface area contributed by atoms with Gasteiger partial charge in [0, 0.05) is 28.2 Å². The van der Waals surface area contributed by atoms with Gasteiger partial charge >= 0.3 is 0 Å². The van der Waals surface area contributed by atoms with Gasteiger partial charge in [-0.2, -0.15) is 9.50 Å². The first-order valence-electron chi connectivity index (χ1n) is 10.1. The summed E-state index contributed by atoms with van der Waals surface area (Å²) in [5.41, 5.74) is 4.40. The highest BCUT2D eigenvalue weighted by Gasteiger charge is 2.13. The van der Waals surface area contributed by atoms with Crippen molar-refractivity contribution >= 4 is 34.8 Å². The van der Waals surface area contributed by atoms with Crippen LogP contribution in [0.1, 0.15) is 22.6 Å². The monoisotopic (exact) mass is 449 g/mol. The highest BCUT2D eigenvalue weighted by molar-refractivity contribution is 6.30. The highest BCUT2D eigenvalue weighted by atomic mass is 35.5. The molecule has 32 heavy (non-hydrogen) atoms. The zero-order valence-electron chi connectivity index (χ0n) is 18.2. The Labute approximate surface area is 191 Å². The first-order chi connectivity index (χ1) is 15.4. The third-order valence-corrected chi connectivity index (χ3v) is 4.99. The summed E-state index contributed by atoms with van der Waals surface area (Å²) in [6.07, 6.45) is 1.71. The molecule has 0 atom stereocenters. The van der Waals surface area contributed by atoms with E-state index >= 15 is 0 Å². The lowest BCUT2D eigenvalue weighted by Gasteiger charge is -2.12. The standard InChI is InChI=1S/C23H24ClN7O/c1-5-10-32-20-9-7-15(3)26-19(20)13-25-21-11-16(4)27-23-29-22(30-31(21)23)28-18-12-17(24)8-6-14(18)2/h5-9,11-12,25H,1,10,13H2,2-4H3,(H,28,30). The van der Waals surface area contributed by atoms with Crippen molar-refractivity contribution in [3.63, 3.8) is 0 Å². The number of aromatic nitrogens is 5. The number of aryl methyl sites for hydroxylation is 3. The van der Waals surface area contributed by atoms with Crippen molar-refractivity contribution in [2.45, 2.75) is 27.3 Å². The number of hydrogen-bond donors (Lipinski definition) is 2. The van der Waals surface area contributed by atoms with E-state index in [1.807, 2.05) is 57.2 Å². The number of benzene rings is 1. The molecular weight excluding hydrogens is 426 g/mol. The summed E-state index contributed by atoms with van der Waals surface area (Å²) in [6.45, 7) is 10.4. The summed E-state index contributed by atoms with van der Waals surface area (Å²) in [6, 6.07) is 11.4. The van der Waals surface area contributed by atoms with Gasteiger partial charge in [0.25, 0.3) is 5.78 Å². The van der Waals surface area contributed by atoms with E-state index in [4.69, 9.17) is 16.3 Å². The summed E-state index contributed by atoms with van der Waals surface area (Å²) in [7, 11) is 0. The molecule has 0 fully saturated rings. The number of hydrogen-bond acceptors (Lipinski definition) is 7. The Morgan fingerprint density at radius 3 is 2.72 bits per heavy atom. The summed E-state index contributed by atoms with van der Waals surface area (Å²) in [5, 5.41) is 11.8. The molecular formula is C23H24ClN7O. The second-order valence-corrected chi connectivity index (χ2v) is 7.80. The zero-order chi connectivity index (χ0) is 22.7. The molecule has 9 heteroatoms. The van der Waals surface area contributed by atoms with E-state index in [0.717, 1.165) is 34.2 Å². The fourth-order valence-electron chi connectivity index (χ4n) is 3.19. The predicted octanol–water partition coefficient (Wildman–Crippen LogP) is 5.02. The van der Waals surface area contributed by atoms with Crippen LogP contribution >= 0.6 is 11.6 Å². The van der Waals surface area contributed by atoms with Crippen LogP contribution in [0.3, 0.4) is 0 Å². The Morgan fingerprint density at radius 2 is 1.91 bits per heavy atom. The van der Waals surface area contributed by atoms with Gasteiger partial charge in [-0.05, 0) is 50.6 Å². The van der Waals surface area contributed by atoms with Crippen molar-refractivity contribution in [1.82, 2.24) is 24.6 Å². The molecule has 4 aromatic rings. The van der Waals surface area contributed by atoms with Crippen molar-refractivity contribution in [3.05, 3.63) is 76.7 Å². The lowest BCUT2D eigenvalue weighted by atomic mass is 10.2. The van der Waals surface area contributed by atoms with Crippen molar-refractivity contribution in [2.75, 3.05) is 17.2 Å². The van der Waals surface area contributed by atoms with Crippen LogP contribution in [0.25, 0.3) is 5.78 Å². The third kappa shape index (κ3) is 4.81. The van der Waals surface area contributed by atoms with E-state index in [1.54, 1.807) is 10.6 Å². The van der Waals surface area contributed by atoms with Gasteiger partial charge < -0.3 is 15.4 Å². The Morgan fingerprint density at radius 1 is 1.06 bits per heavy atom. The van der Waals surface area contributed by atoms with Crippen molar-refractivity contribution in [1.29, 1.82) is 0 Å². The lowest BCUT2D eigenvalue weighted by Crippen LogP contribution is -2.10. The molecule has 0 aliphatic heterocycles. The first-order valence-corrected chi connectivity index (χ1v) is 10.5. The van der Waals surface area contributed by atoms with Crippen LogP contribution < -0.4 is 15.4 Å². The van der Waals surface area contributed by atoms with E-state index in [0.29, 0.717) is 35.6 Å². The van der Waals surface area contributed by atoms with Crippen LogP contribution in [-0.4, -0.2) is 31.2 Å². The Hall–Kier alpha value is -3.65. The average Bonchev–Trinajstić information content (AvgIpc) is 3.16. The molecule has 0 bridgehead atoms. The second-order valence-electron chi connectivity index (χ2n) is 7.36. The third-order valence-electron chi connectivity index (χ3n) is 4.75. The smallest absolute Gasteiger partial charge is 0.256 e. The molecule has 8 nitrogen and oxygen atoms in total.